The van der Waals surface area contributed by atoms with Crippen molar-refractivity contribution in [1.29, 1.82) is 0 Å². The number of piperidine rings is 1. The zero-order valence-corrected chi connectivity index (χ0v) is 9.93. The van der Waals surface area contributed by atoms with Crippen LogP contribution < -0.4 is 10.1 Å². The highest BCUT2D eigenvalue weighted by molar-refractivity contribution is 7.99. The standard InChI is InChI=1S/C13H15NOS/c1-2-11-12(16-4-3-15-11)5-8(1)13-9-6-14-7-10(9)13/h1-2,5,9-10,13-14H,3-4,6-7H2. The normalized spacial score (nSPS) is 35.1. The zero-order valence-electron chi connectivity index (χ0n) is 9.11. The Labute approximate surface area is 99.8 Å². The van der Waals surface area contributed by atoms with Gasteiger partial charge in [-0.3, -0.25) is 0 Å². The van der Waals surface area contributed by atoms with E-state index in [2.05, 4.69) is 23.5 Å². The van der Waals surface area contributed by atoms with Crippen LogP contribution >= 0.6 is 11.8 Å². The van der Waals surface area contributed by atoms with Crippen LogP contribution in [0, 0.1) is 11.8 Å². The monoisotopic (exact) mass is 233 g/mol. The molecular formula is C13H15NOS. The Morgan fingerprint density at radius 2 is 2.12 bits per heavy atom. The molecule has 1 aromatic rings. The van der Waals surface area contributed by atoms with Gasteiger partial charge in [-0.1, -0.05) is 6.07 Å². The molecule has 2 aliphatic heterocycles. The van der Waals surface area contributed by atoms with Gasteiger partial charge in [-0.2, -0.15) is 0 Å². The number of rotatable bonds is 1. The van der Waals surface area contributed by atoms with Gasteiger partial charge in [-0.25, -0.2) is 0 Å². The van der Waals surface area contributed by atoms with Crippen molar-refractivity contribution in [2.24, 2.45) is 11.8 Å². The minimum Gasteiger partial charge on any atom is -0.492 e. The van der Waals surface area contributed by atoms with Crippen LogP contribution in [-0.2, 0) is 0 Å². The molecule has 3 heteroatoms. The Morgan fingerprint density at radius 1 is 1.25 bits per heavy atom. The maximum Gasteiger partial charge on any atom is 0.132 e. The topological polar surface area (TPSA) is 21.3 Å². The van der Waals surface area contributed by atoms with Crippen molar-refractivity contribution in [1.82, 2.24) is 5.32 Å². The summed E-state index contributed by atoms with van der Waals surface area (Å²) in [5.74, 6) is 4.83. The summed E-state index contributed by atoms with van der Waals surface area (Å²) in [6.07, 6.45) is 0. The summed E-state index contributed by atoms with van der Waals surface area (Å²) < 4.78 is 5.64. The lowest BCUT2D eigenvalue weighted by Gasteiger charge is -2.17. The van der Waals surface area contributed by atoms with Gasteiger partial charge in [0.1, 0.15) is 5.75 Å². The first-order valence-corrected chi connectivity index (χ1v) is 7.02. The predicted octanol–water partition coefficient (Wildman–Crippen LogP) is 2.10. The summed E-state index contributed by atoms with van der Waals surface area (Å²) in [6, 6.07) is 6.80. The lowest BCUT2D eigenvalue weighted by molar-refractivity contribution is 0.330. The first-order valence-electron chi connectivity index (χ1n) is 6.04. The second kappa shape index (κ2) is 3.41. The smallest absolute Gasteiger partial charge is 0.132 e. The van der Waals surface area contributed by atoms with Gasteiger partial charge in [-0.05, 0) is 48.5 Å². The quantitative estimate of drug-likeness (QED) is 0.802. The highest BCUT2D eigenvalue weighted by atomic mass is 32.2. The third-order valence-electron chi connectivity index (χ3n) is 4.04. The zero-order chi connectivity index (χ0) is 10.5. The fraction of sp³-hybridized carbons (Fsp3) is 0.538. The number of thioether (sulfide) groups is 1. The van der Waals surface area contributed by atoms with Gasteiger partial charge < -0.3 is 10.1 Å². The van der Waals surface area contributed by atoms with E-state index in [0.29, 0.717) is 0 Å². The van der Waals surface area contributed by atoms with E-state index in [0.717, 1.165) is 35.9 Å². The number of nitrogens with one attached hydrogen (secondary N) is 1. The van der Waals surface area contributed by atoms with Crippen molar-refractivity contribution < 1.29 is 4.74 Å². The van der Waals surface area contributed by atoms with Crippen LogP contribution in [0.5, 0.6) is 5.75 Å². The summed E-state index contributed by atoms with van der Waals surface area (Å²) in [7, 11) is 0. The van der Waals surface area contributed by atoms with E-state index in [4.69, 9.17) is 4.74 Å². The van der Waals surface area contributed by atoms with Gasteiger partial charge in [-0.15, -0.1) is 11.8 Å². The molecule has 1 N–H and O–H groups in total. The Hall–Kier alpha value is -0.670. The van der Waals surface area contributed by atoms with E-state index in [1.165, 1.54) is 23.5 Å². The molecule has 2 unspecified atom stereocenters. The van der Waals surface area contributed by atoms with Gasteiger partial charge in [0.2, 0.25) is 0 Å². The first-order chi connectivity index (χ1) is 7.93. The van der Waals surface area contributed by atoms with E-state index >= 15 is 0 Å². The summed E-state index contributed by atoms with van der Waals surface area (Å²) >= 11 is 1.94. The summed E-state index contributed by atoms with van der Waals surface area (Å²) in [4.78, 5) is 1.35. The van der Waals surface area contributed by atoms with Crippen LogP contribution in [-0.4, -0.2) is 25.4 Å². The molecule has 0 bridgehead atoms. The van der Waals surface area contributed by atoms with Crippen molar-refractivity contribution in [3.8, 4) is 5.75 Å². The average Bonchev–Trinajstić information content (AvgIpc) is 2.82. The number of benzene rings is 1. The Morgan fingerprint density at radius 3 is 3.00 bits per heavy atom. The molecule has 1 aliphatic carbocycles. The molecule has 1 aromatic carbocycles. The van der Waals surface area contributed by atoms with Gasteiger partial charge in [0.25, 0.3) is 0 Å². The van der Waals surface area contributed by atoms with Crippen LogP contribution in [0.15, 0.2) is 23.1 Å². The van der Waals surface area contributed by atoms with Crippen LogP contribution in [0.3, 0.4) is 0 Å². The van der Waals surface area contributed by atoms with Gasteiger partial charge in [0, 0.05) is 10.6 Å². The molecular weight excluding hydrogens is 218 g/mol. The number of hydrogen-bond acceptors (Lipinski definition) is 3. The van der Waals surface area contributed by atoms with E-state index < -0.39 is 0 Å². The van der Waals surface area contributed by atoms with E-state index in [1.807, 2.05) is 11.8 Å². The summed E-state index contributed by atoms with van der Waals surface area (Å²) in [5.41, 5.74) is 1.54. The largest absolute Gasteiger partial charge is 0.492 e. The third-order valence-corrected chi connectivity index (χ3v) is 5.04. The second-order valence-corrected chi connectivity index (χ2v) is 6.05. The van der Waals surface area contributed by atoms with Crippen molar-refractivity contribution in [3.05, 3.63) is 23.8 Å². The molecule has 1 saturated carbocycles. The molecule has 2 heterocycles. The molecule has 2 nitrogen and oxygen atoms in total. The highest BCUT2D eigenvalue weighted by Crippen LogP contribution is 2.56. The van der Waals surface area contributed by atoms with Gasteiger partial charge >= 0.3 is 0 Å². The van der Waals surface area contributed by atoms with Crippen LogP contribution in [0.25, 0.3) is 0 Å². The Kier molecular flexibility index (Phi) is 2.00. The summed E-state index contributed by atoms with van der Waals surface area (Å²) in [5, 5.41) is 3.45. The molecule has 3 aliphatic rings. The minimum atomic E-state index is 0.828. The fourth-order valence-corrected chi connectivity index (χ4v) is 4.06. The number of hydrogen-bond donors (Lipinski definition) is 1. The molecule has 2 atom stereocenters. The Bertz CT molecular complexity index is 424. The van der Waals surface area contributed by atoms with Crippen molar-refractivity contribution >= 4 is 11.8 Å². The molecule has 0 amide bonds. The molecule has 2 fully saturated rings. The highest BCUT2D eigenvalue weighted by Gasteiger charge is 2.53. The van der Waals surface area contributed by atoms with Crippen molar-refractivity contribution in [2.45, 2.75) is 10.8 Å². The van der Waals surface area contributed by atoms with Gasteiger partial charge in [0.15, 0.2) is 0 Å². The van der Waals surface area contributed by atoms with E-state index in [1.54, 1.807) is 0 Å². The Balaban J connectivity index is 1.65. The third kappa shape index (κ3) is 1.31. The van der Waals surface area contributed by atoms with Crippen LogP contribution in [0.4, 0.5) is 0 Å². The van der Waals surface area contributed by atoms with Crippen molar-refractivity contribution in [3.63, 3.8) is 0 Å². The van der Waals surface area contributed by atoms with Crippen LogP contribution in [0.1, 0.15) is 11.5 Å². The maximum absolute atomic E-state index is 5.64. The molecule has 0 radical (unpaired) electrons. The molecule has 0 spiro atoms. The lowest BCUT2D eigenvalue weighted by Crippen LogP contribution is -2.14. The molecule has 84 valence electrons. The molecule has 16 heavy (non-hydrogen) atoms. The fourth-order valence-electron chi connectivity index (χ4n) is 3.18. The second-order valence-electron chi connectivity index (χ2n) is 4.91. The maximum atomic E-state index is 5.64. The predicted molar refractivity (Wildman–Crippen MR) is 65.3 cm³/mol. The SMILES string of the molecule is c1cc2c(cc1C1C3CNCC31)SCCO2. The first kappa shape index (κ1) is 9.37. The minimum absolute atomic E-state index is 0.828. The molecule has 4 rings (SSSR count). The van der Waals surface area contributed by atoms with E-state index in [9.17, 15) is 0 Å². The van der Waals surface area contributed by atoms with Crippen LogP contribution in [0.2, 0.25) is 0 Å². The summed E-state index contributed by atoms with van der Waals surface area (Å²) in [6.45, 7) is 3.29. The number of fused-ring (bicyclic) bond motifs is 2. The van der Waals surface area contributed by atoms with Crippen molar-refractivity contribution in [2.75, 3.05) is 25.4 Å². The number of ether oxygens (including phenoxy) is 1. The average molecular weight is 233 g/mol. The lowest BCUT2D eigenvalue weighted by atomic mass is 10.1. The molecule has 1 saturated heterocycles. The van der Waals surface area contributed by atoms with Gasteiger partial charge in [0.05, 0.1) is 6.61 Å². The van der Waals surface area contributed by atoms with E-state index in [-0.39, 0.29) is 0 Å². The molecule has 0 aromatic heterocycles.